The van der Waals surface area contributed by atoms with E-state index in [0.29, 0.717) is 17.9 Å². The molecular weight excluding hydrogens is 476 g/mol. The van der Waals surface area contributed by atoms with E-state index in [1.165, 1.54) is 19.0 Å². The minimum Gasteiger partial charge on any atom is -0.491 e. The summed E-state index contributed by atoms with van der Waals surface area (Å²) in [6.45, 7) is 9.12. The van der Waals surface area contributed by atoms with E-state index in [0.717, 1.165) is 8.61 Å². The average molecular weight is 511 g/mol. The first-order chi connectivity index (χ1) is 16.3. The van der Waals surface area contributed by atoms with E-state index in [2.05, 4.69) is 17.0 Å². The van der Waals surface area contributed by atoms with E-state index in [1.807, 2.05) is 0 Å². The van der Waals surface area contributed by atoms with Crippen molar-refractivity contribution in [3.05, 3.63) is 35.8 Å². The van der Waals surface area contributed by atoms with Crippen LogP contribution in [-0.4, -0.2) is 86.6 Å². The standard InChI is InChI=1S/C22H34N6O6S/c1-22(2,3)34-21(30)28-12-9-15-33-17-11-8-7-10-16(17)25-20(29)18(24-4)19(23)27(6)35(31,32)26(5)13-14-28/h7-8,10-11H,4,9,12-15,23H2,1-3,5-6H3,(H,25,29)/b19-18-. The molecule has 35 heavy (non-hydrogen) atoms. The van der Waals surface area contributed by atoms with Gasteiger partial charge in [0.05, 0.1) is 12.3 Å². The lowest BCUT2D eigenvalue weighted by Gasteiger charge is -2.30. The third kappa shape index (κ3) is 7.33. The molecule has 1 aliphatic rings. The zero-order valence-corrected chi connectivity index (χ0v) is 21.6. The SMILES string of the molecule is C=N/C1=C(/N)N(C)S(=O)(=O)N(C)CCN(C(=O)OC(C)(C)C)CCCOc2ccccc2NC1=O. The molecule has 0 radical (unpaired) electrons. The van der Waals surface area contributed by atoms with Crippen LogP contribution < -0.4 is 15.8 Å². The van der Waals surface area contributed by atoms with Gasteiger partial charge in [-0.25, -0.2) is 9.10 Å². The number of ether oxygens (including phenoxy) is 2. The van der Waals surface area contributed by atoms with E-state index in [4.69, 9.17) is 15.2 Å². The Bertz CT molecular complexity index is 1080. The smallest absolute Gasteiger partial charge is 0.410 e. The number of nitrogens with zero attached hydrogens (tertiary/aromatic N) is 4. The zero-order valence-electron chi connectivity index (χ0n) is 20.8. The highest BCUT2D eigenvalue weighted by atomic mass is 32.2. The Labute approximate surface area is 206 Å². The van der Waals surface area contributed by atoms with Gasteiger partial charge in [-0.15, -0.1) is 0 Å². The van der Waals surface area contributed by atoms with E-state index >= 15 is 0 Å². The van der Waals surface area contributed by atoms with Crippen LogP contribution in [0.5, 0.6) is 5.75 Å². The van der Waals surface area contributed by atoms with Crippen LogP contribution in [-0.2, 0) is 19.7 Å². The fourth-order valence-electron chi connectivity index (χ4n) is 3.06. The van der Waals surface area contributed by atoms with Crippen molar-refractivity contribution in [2.75, 3.05) is 45.7 Å². The molecule has 194 valence electrons. The number of rotatable bonds is 1. The number of fused-ring (bicyclic) bond motifs is 1. The van der Waals surface area contributed by atoms with Crippen molar-refractivity contribution in [3.8, 4) is 5.75 Å². The van der Waals surface area contributed by atoms with E-state index in [9.17, 15) is 18.0 Å². The summed E-state index contributed by atoms with van der Waals surface area (Å²) in [6, 6.07) is 6.73. The Morgan fingerprint density at radius 2 is 1.86 bits per heavy atom. The monoisotopic (exact) mass is 510 g/mol. The molecule has 12 nitrogen and oxygen atoms in total. The molecular formula is C22H34N6O6S. The maximum Gasteiger partial charge on any atom is 0.410 e. The molecule has 0 unspecified atom stereocenters. The molecule has 2 amide bonds. The lowest BCUT2D eigenvalue weighted by atomic mass is 10.2. The first-order valence-electron chi connectivity index (χ1n) is 11.0. The molecule has 0 fully saturated rings. The van der Waals surface area contributed by atoms with Crippen LogP contribution in [0, 0.1) is 0 Å². The van der Waals surface area contributed by atoms with Crippen molar-refractivity contribution in [2.45, 2.75) is 32.8 Å². The van der Waals surface area contributed by atoms with Gasteiger partial charge in [-0.3, -0.25) is 9.79 Å². The predicted molar refractivity (Wildman–Crippen MR) is 133 cm³/mol. The summed E-state index contributed by atoms with van der Waals surface area (Å²) in [5, 5.41) is 2.63. The quantitative estimate of drug-likeness (QED) is 0.545. The topological polar surface area (TPSA) is 147 Å². The highest BCUT2D eigenvalue weighted by Gasteiger charge is 2.30. The minimum absolute atomic E-state index is 0.0497. The van der Waals surface area contributed by atoms with Gasteiger partial charge in [-0.1, -0.05) is 12.1 Å². The summed E-state index contributed by atoms with van der Waals surface area (Å²) < 4.78 is 39.3. The van der Waals surface area contributed by atoms with Gasteiger partial charge in [0.25, 0.3) is 5.91 Å². The lowest BCUT2D eigenvalue weighted by molar-refractivity contribution is -0.113. The number of nitrogens with one attached hydrogen (secondary N) is 1. The number of carbonyl (C=O) groups excluding carboxylic acids is 2. The van der Waals surface area contributed by atoms with Crippen LogP contribution in [0.2, 0.25) is 0 Å². The molecule has 13 heteroatoms. The summed E-state index contributed by atoms with van der Waals surface area (Å²) in [4.78, 5) is 30.7. The number of amides is 2. The lowest BCUT2D eigenvalue weighted by Crippen LogP contribution is -2.46. The Hall–Kier alpha value is -3.32. The average Bonchev–Trinajstić information content (AvgIpc) is 2.77. The van der Waals surface area contributed by atoms with Gasteiger partial charge in [0.2, 0.25) is 0 Å². The van der Waals surface area contributed by atoms with Crippen molar-refractivity contribution in [1.82, 2.24) is 13.5 Å². The molecule has 0 spiro atoms. The number of carbonyl (C=O) groups is 2. The maximum atomic E-state index is 13.1. The maximum absolute atomic E-state index is 13.1. The third-order valence-corrected chi connectivity index (χ3v) is 6.86. The number of hydrogen-bond donors (Lipinski definition) is 2. The van der Waals surface area contributed by atoms with Crippen LogP contribution in [0.25, 0.3) is 0 Å². The Kier molecular flexibility index (Phi) is 9.10. The van der Waals surface area contributed by atoms with Crippen molar-refractivity contribution < 1.29 is 27.5 Å². The first-order valence-corrected chi connectivity index (χ1v) is 12.4. The summed E-state index contributed by atoms with van der Waals surface area (Å²) in [5.74, 6) is -0.778. The zero-order chi connectivity index (χ0) is 26.4. The van der Waals surface area contributed by atoms with Crippen LogP contribution in [0.15, 0.2) is 40.8 Å². The Morgan fingerprint density at radius 3 is 2.49 bits per heavy atom. The summed E-state index contributed by atoms with van der Waals surface area (Å²) in [5.41, 5.74) is 5.27. The fraction of sp³-hybridized carbons (Fsp3) is 0.500. The summed E-state index contributed by atoms with van der Waals surface area (Å²) >= 11 is 0. The van der Waals surface area contributed by atoms with Crippen molar-refractivity contribution in [3.63, 3.8) is 0 Å². The van der Waals surface area contributed by atoms with E-state index in [-0.39, 0.29) is 31.9 Å². The molecule has 0 saturated heterocycles. The second-order valence-corrected chi connectivity index (χ2v) is 10.9. The van der Waals surface area contributed by atoms with Crippen molar-refractivity contribution in [1.29, 1.82) is 0 Å². The van der Waals surface area contributed by atoms with Crippen molar-refractivity contribution >= 4 is 34.6 Å². The van der Waals surface area contributed by atoms with Gasteiger partial charge >= 0.3 is 16.3 Å². The second kappa shape index (κ2) is 11.4. The van der Waals surface area contributed by atoms with Crippen LogP contribution in [0.1, 0.15) is 27.2 Å². The van der Waals surface area contributed by atoms with Gasteiger partial charge in [0.15, 0.2) is 5.70 Å². The molecule has 1 heterocycles. The Balaban J connectivity index is 2.46. The molecule has 0 aliphatic carbocycles. The number of anilines is 1. The van der Waals surface area contributed by atoms with E-state index in [1.54, 1.807) is 45.0 Å². The van der Waals surface area contributed by atoms with Gasteiger partial charge in [-0.05, 0) is 46.0 Å². The number of likely N-dealkylation sites (N-methyl/N-ethyl adjacent to an activating group) is 1. The normalized spacial score (nSPS) is 20.9. The number of benzene rings is 1. The van der Waals surface area contributed by atoms with Gasteiger partial charge < -0.3 is 25.4 Å². The second-order valence-electron chi connectivity index (χ2n) is 8.81. The molecule has 0 atom stereocenters. The van der Waals surface area contributed by atoms with Gasteiger partial charge in [0, 0.05) is 33.7 Å². The first kappa shape index (κ1) is 27.9. The number of aliphatic imine (C=N–C) groups is 1. The summed E-state index contributed by atoms with van der Waals surface area (Å²) in [6.07, 6.45) is -0.132. The molecule has 1 aromatic rings. The molecule has 0 bridgehead atoms. The minimum atomic E-state index is -4.15. The van der Waals surface area contributed by atoms with E-state index < -0.39 is 33.6 Å². The number of para-hydroxylation sites is 2. The fourth-order valence-corrected chi connectivity index (χ4v) is 4.13. The van der Waals surface area contributed by atoms with Crippen LogP contribution in [0.4, 0.5) is 10.5 Å². The molecule has 3 N–H and O–H groups in total. The van der Waals surface area contributed by atoms with Gasteiger partial charge in [0.1, 0.15) is 17.2 Å². The van der Waals surface area contributed by atoms with Crippen molar-refractivity contribution in [2.24, 2.45) is 10.7 Å². The molecule has 1 aromatic carbocycles. The van der Waals surface area contributed by atoms with Crippen LogP contribution in [0.3, 0.4) is 0 Å². The highest BCUT2D eigenvalue weighted by molar-refractivity contribution is 7.86. The van der Waals surface area contributed by atoms with Gasteiger partial charge in [-0.2, -0.15) is 12.7 Å². The Morgan fingerprint density at radius 1 is 1.20 bits per heavy atom. The molecule has 0 saturated carbocycles. The molecule has 0 aromatic heterocycles. The van der Waals surface area contributed by atoms with Crippen LogP contribution >= 0.6 is 0 Å². The largest absolute Gasteiger partial charge is 0.491 e. The predicted octanol–water partition coefficient (Wildman–Crippen LogP) is 1.58. The highest BCUT2D eigenvalue weighted by Crippen LogP contribution is 2.25. The molecule has 2 rings (SSSR count). The third-order valence-electron chi connectivity index (χ3n) is 5.00. The summed E-state index contributed by atoms with van der Waals surface area (Å²) in [7, 11) is -1.61. The molecule has 1 aliphatic heterocycles. The number of hydrogen-bond acceptors (Lipinski definition) is 8. The number of nitrogens with two attached hydrogens (primary N) is 1.